The van der Waals surface area contributed by atoms with Gasteiger partial charge in [0.1, 0.15) is 40.2 Å². The van der Waals surface area contributed by atoms with Gasteiger partial charge < -0.3 is 9.47 Å². The number of halogens is 8. The first-order valence-electron chi connectivity index (χ1n) is 12.6. The summed E-state index contributed by atoms with van der Waals surface area (Å²) in [6, 6.07) is 8.24. The number of unbranched alkanes of at least 4 members (excludes halogenated alkanes) is 1. The number of nitrogens with zero attached hydrogens (tertiary/aromatic N) is 1. The van der Waals surface area contributed by atoms with Crippen LogP contribution in [0.25, 0.3) is 0 Å². The van der Waals surface area contributed by atoms with E-state index in [2.05, 4.69) is 33.4 Å². The number of hydrogen-bond acceptors (Lipinski definition) is 3. The minimum Gasteiger partial charge on any atom is -0.492 e. The van der Waals surface area contributed by atoms with E-state index in [9.17, 15) is 35.1 Å². The van der Waals surface area contributed by atoms with E-state index in [1.165, 1.54) is 18.3 Å². The van der Waals surface area contributed by atoms with Gasteiger partial charge in [0, 0.05) is 23.3 Å². The Kier molecular flexibility index (Phi) is 9.56. The first-order valence-corrected chi connectivity index (χ1v) is 12.6. The van der Waals surface area contributed by atoms with Crippen LogP contribution in [0.5, 0.6) is 11.5 Å². The fourth-order valence-electron chi connectivity index (χ4n) is 3.56. The highest BCUT2D eigenvalue weighted by atomic mass is 19.3. The molecule has 220 valence electrons. The molecule has 0 aliphatic heterocycles. The molecule has 4 aromatic rings. The van der Waals surface area contributed by atoms with E-state index in [0.717, 1.165) is 18.9 Å². The van der Waals surface area contributed by atoms with Gasteiger partial charge in [0.2, 0.25) is 0 Å². The first kappa shape index (κ1) is 30.9. The van der Waals surface area contributed by atoms with E-state index in [4.69, 9.17) is 4.74 Å². The van der Waals surface area contributed by atoms with Crippen LogP contribution in [0, 0.1) is 58.6 Å². The highest BCUT2D eigenvalue weighted by molar-refractivity contribution is 5.49. The fourth-order valence-corrected chi connectivity index (χ4v) is 3.56. The number of aromatic nitrogens is 1. The molecule has 1 heterocycles. The molecular formula is C32H19F8NO2. The largest absolute Gasteiger partial charge is 0.492 e. The summed E-state index contributed by atoms with van der Waals surface area (Å²) in [7, 11) is 0. The van der Waals surface area contributed by atoms with E-state index >= 15 is 0 Å². The topological polar surface area (TPSA) is 31.4 Å². The predicted molar refractivity (Wildman–Crippen MR) is 140 cm³/mol. The van der Waals surface area contributed by atoms with Gasteiger partial charge in [-0.15, -0.1) is 0 Å². The third-order valence-corrected chi connectivity index (χ3v) is 5.68. The van der Waals surface area contributed by atoms with Crippen LogP contribution >= 0.6 is 0 Å². The van der Waals surface area contributed by atoms with E-state index in [1.54, 1.807) is 12.1 Å². The molecule has 0 saturated carbocycles. The third-order valence-electron chi connectivity index (χ3n) is 5.68. The standard InChI is InChI=1S/C32H19F8NO2/c1-2-3-12-42-23-11-10-22(41-18-23)9-6-19-4-7-21(25(33)13-19)8-5-20-14-26(34)30(27(35)15-20)32(39,40)43-24-16-28(36)31(38)29(37)17-24/h4,7,10-11,13-18H,2-3,12H2,1H3. The molecule has 11 heteroatoms. The maximum Gasteiger partial charge on any atom is 0.432 e. The second-order valence-corrected chi connectivity index (χ2v) is 8.91. The van der Waals surface area contributed by atoms with Gasteiger partial charge in [-0.2, -0.15) is 8.78 Å². The van der Waals surface area contributed by atoms with Gasteiger partial charge in [-0.3, -0.25) is 0 Å². The normalized spacial score (nSPS) is 10.8. The lowest BCUT2D eigenvalue weighted by molar-refractivity contribution is -0.189. The number of hydrogen-bond donors (Lipinski definition) is 0. The van der Waals surface area contributed by atoms with Crippen molar-refractivity contribution in [2.24, 2.45) is 0 Å². The Bertz CT molecular complexity index is 1720. The Morgan fingerprint density at radius 2 is 1.35 bits per heavy atom. The average Bonchev–Trinajstić information content (AvgIpc) is 2.94. The summed E-state index contributed by atoms with van der Waals surface area (Å²) < 4.78 is 122. The van der Waals surface area contributed by atoms with Crippen molar-refractivity contribution in [2.45, 2.75) is 25.9 Å². The van der Waals surface area contributed by atoms with Crippen molar-refractivity contribution in [1.29, 1.82) is 0 Å². The monoisotopic (exact) mass is 601 g/mol. The van der Waals surface area contributed by atoms with Gasteiger partial charge in [0.05, 0.1) is 18.4 Å². The second kappa shape index (κ2) is 13.3. The quantitative estimate of drug-likeness (QED) is 0.0931. The third kappa shape index (κ3) is 7.83. The molecule has 0 unspecified atom stereocenters. The molecule has 0 saturated heterocycles. The molecule has 0 amide bonds. The average molecular weight is 601 g/mol. The molecule has 0 radical (unpaired) electrons. The van der Waals surface area contributed by atoms with Crippen LogP contribution in [-0.4, -0.2) is 11.6 Å². The Labute approximate surface area is 241 Å². The number of benzene rings is 3. The number of ether oxygens (including phenoxy) is 2. The maximum absolute atomic E-state index is 14.6. The van der Waals surface area contributed by atoms with Gasteiger partial charge in [-0.05, 0) is 54.8 Å². The Balaban J connectivity index is 1.48. The van der Waals surface area contributed by atoms with E-state index < -0.39 is 57.9 Å². The zero-order chi connectivity index (χ0) is 31.1. The molecule has 43 heavy (non-hydrogen) atoms. The SMILES string of the molecule is CCCCOc1ccc(C#Cc2ccc(C#Cc3cc(F)c(C(F)(F)Oc4cc(F)c(F)c(F)c4)c(F)c3)c(F)c2)nc1. The molecule has 1 aromatic heterocycles. The van der Waals surface area contributed by atoms with Crippen molar-refractivity contribution >= 4 is 0 Å². The first-order chi connectivity index (χ1) is 20.5. The van der Waals surface area contributed by atoms with Crippen LogP contribution < -0.4 is 9.47 Å². The number of alkyl halides is 2. The zero-order valence-electron chi connectivity index (χ0n) is 22.2. The number of pyridine rings is 1. The maximum atomic E-state index is 14.6. The summed E-state index contributed by atoms with van der Waals surface area (Å²) in [6.07, 6.45) is -1.31. The Hall–Kier alpha value is -5.03. The molecule has 0 fully saturated rings. The highest BCUT2D eigenvalue weighted by Gasteiger charge is 2.41. The van der Waals surface area contributed by atoms with Crippen LogP contribution in [0.4, 0.5) is 35.1 Å². The molecule has 3 aromatic carbocycles. The van der Waals surface area contributed by atoms with Gasteiger partial charge >= 0.3 is 6.11 Å². The molecule has 3 nitrogen and oxygen atoms in total. The molecule has 0 spiro atoms. The summed E-state index contributed by atoms with van der Waals surface area (Å²) >= 11 is 0. The molecule has 4 rings (SSSR count). The van der Waals surface area contributed by atoms with Crippen molar-refractivity contribution in [3.05, 3.63) is 124 Å². The lowest BCUT2D eigenvalue weighted by Crippen LogP contribution is -2.25. The second-order valence-electron chi connectivity index (χ2n) is 8.91. The minimum absolute atomic E-state index is 0.0895. The zero-order valence-corrected chi connectivity index (χ0v) is 22.2. The lowest BCUT2D eigenvalue weighted by atomic mass is 10.1. The molecular weight excluding hydrogens is 582 g/mol. The van der Waals surface area contributed by atoms with E-state index in [-0.39, 0.29) is 23.3 Å². The Morgan fingerprint density at radius 3 is 1.95 bits per heavy atom. The van der Waals surface area contributed by atoms with E-state index in [1.807, 2.05) is 6.92 Å². The van der Waals surface area contributed by atoms with Crippen LogP contribution in [0.1, 0.15) is 47.7 Å². The predicted octanol–water partition coefficient (Wildman–Crippen LogP) is 8.02. The van der Waals surface area contributed by atoms with Crippen LogP contribution in [-0.2, 0) is 6.11 Å². The molecule has 0 atom stereocenters. The fraction of sp³-hybridized carbons (Fsp3) is 0.156. The summed E-state index contributed by atoms with van der Waals surface area (Å²) in [5.74, 6) is -0.495. The van der Waals surface area contributed by atoms with Gasteiger partial charge in [0.25, 0.3) is 0 Å². The van der Waals surface area contributed by atoms with Crippen LogP contribution in [0.15, 0.2) is 60.8 Å². The highest BCUT2D eigenvalue weighted by Crippen LogP contribution is 2.36. The van der Waals surface area contributed by atoms with Gasteiger partial charge in [-0.25, -0.2) is 31.3 Å². The lowest BCUT2D eigenvalue weighted by Gasteiger charge is -2.19. The molecule has 0 aliphatic carbocycles. The smallest absolute Gasteiger partial charge is 0.432 e. The minimum atomic E-state index is -4.75. The van der Waals surface area contributed by atoms with Crippen molar-refractivity contribution < 1.29 is 44.6 Å². The van der Waals surface area contributed by atoms with E-state index in [0.29, 0.717) is 30.2 Å². The van der Waals surface area contributed by atoms with Crippen molar-refractivity contribution in [2.75, 3.05) is 6.61 Å². The summed E-state index contributed by atoms with van der Waals surface area (Å²) in [5, 5.41) is 0. The van der Waals surface area contributed by atoms with Gasteiger partial charge in [-0.1, -0.05) is 31.1 Å². The Morgan fingerprint density at radius 1 is 0.698 bits per heavy atom. The molecule has 0 aliphatic rings. The van der Waals surface area contributed by atoms with Crippen molar-refractivity contribution in [3.8, 4) is 35.2 Å². The van der Waals surface area contributed by atoms with Crippen LogP contribution in [0.3, 0.4) is 0 Å². The number of rotatable bonds is 7. The summed E-state index contributed by atoms with van der Waals surface area (Å²) in [6.45, 7) is 2.62. The van der Waals surface area contributed by atoms with Crippen molar-refractivity contribution in [1.82, 2.24) is 4.98 Å². The van der Waals surface area contributed by atoms with Crippen LogP contribution in [0.2, 0.25) is 0 Å². The molecule has 0 bridgehead atoms. The summed E-state index contributed by atoms with van der Waals surface area (Å²) in [5.41, 5.74) is -1.77. The van der Waals surface area contributed by atoms with Gasteiger partial charge in [0.15, 0.2) is 17.5 Å². The van der Waals surface area contributed by atoms with Crippen molar-refractivity contribution in [3.63, 3.8) is 0 Å². The summed E-state index contributed by atoms with van der Waals surface area (Å²) in [4.78, 5) is 4.17. The molecule has 0 N–H and O–H groups in total.